The number of benzene rings is 3. The maximum Gasteiger partial charge on any atom is 0.167 e. The number of nitrogens with zero attached hydrogens (tertiary/aromatic N) is 2. The highest BCUT2D eigenvalue weighted by Crippen LogP contribution is 2.47. The Bertz CT molecular complexity index is 1010. The van der Waals surface area contributed by atoms with Crippen molar-refractivity contribution in [2.75, 3.05) is 55.6 Å². The normalized spacial score (nSPS) is 16.4. The van der Waals surface area contributed by atoms with Gasteiger partial charge < -0.3 is 24.0 Å². The molecule has 0 atom stereocenters. The molecule has 1 fully saturated rings. The maximum absolute atomic E-state index is 6.19. The van der Waals surface area contributed by atoms with E-state index >= 15 is 0 Å². The van der Waals surface area contributed by atoms with E-state index in [-0.39, 0.29) is 0 Å². The van der Waals surface area contributed by atoms with Crippen molar-refractivity contribution in [3.8, 4) is 11.5 Å². The van der Waals surface area contributed by atoms with Crippen molar-refractivity contribution in [3.05, 3.63) is 54.6 Å². The molecule has 0 saturated carbocycles. The van der Waals surface area contributed by atoms with Gasteiger partial charge in [0.25, 0.3) is 0 Å². The Hall–Kier alpha value is -2.57. The van der Waals surface area contributed by atoms with Gasteiger partial charge in [0.05, 0.1) is 25.0 Å². The number of fused-ring (bicyclic) bond motifs is 2. The first-order chi connectivity index (χ1) is 14.3. The quantitative estimate of drug-likeness (QED) is 0.655. The third-order valence-electron chi connectivity index (χ3n) is 5.48. The van der Waals surface area contributed by atoms with E-state index in [1.165, 1.54) is 15.7 Å². The fraction of sp³-hybridized carbons (Fsp3) is 0.304. The van der Waals surface area contributed by atoms with Gasteiger partial charge in [-0.25, -0.2) is 0 Å². The number of hydrogen-bond donors (Lipinski definition) is 1. The number of methoxy groups -OCH3 is 1. The summed E-state index contributed by atoms with van der Waals surface area (Å²) in [5.41, 5.74) is 2.21. The van der Waals surface area contributed by atoms with Crippen molar-refractivity contribution in [3.63, 3.8) is 0 Å². The molecule has 3 aromatic rings. The average Bonchev–Trinajstić information content (AvgIpc) is 2.79. The molecule has 0 aromatic heterocycles. The molecule has 0 spiro atoms. The lowest BCUT2D eigenvalue weighted by molar-refractivity contribution is 0.316. The third-order valence-corrected chi connectivity index (χ3v) is 6.64. The number of nitrogens with one attached hydrogen (secondary N) is 1. The lowest BCUT2D eigenvalue weighted by atomic mass is 10.1. The van der Waals surface area contributed by atoms with E-state index < -0.39 is 0 Å². The minimum atomic E-state index is 0.677. The minimum Gasteiger partial charge on any atom is -0.497 e. The first kappa shape index (κ1) is 18.5. The molecule has 6 heteroatoms. The summed E-state index contributed by atoms with van der Waals surface area (Å²) in [7, 11) is 1.73. The van der Waals surface area contributed by atoms with Crippen LogP contribution < -0.4 is 24.0 Å². The summed E-state index contributed by atoms with van der Waals surface area (Å²) in [6.45, 7) is 5.42. The standard InChI is InChI=1S/C23H25N3O2S/c1-27-18-15-20(25-11-9-24-10-12-25)23-21(16-18)26(13-14-28-23)29-22-8-4-6-17-5-2-3-7-19(17)22/h2-8,15-16,24H,9-14H2,1H3. The molecule has 2 aliphatic rings. The van der Waals surface area contributed by atoms with E-state index in [9.17, 15) is 0 Å². The number of anilines is 2. The van der Waals surface area contributed by atoms with Crippen LogP contribution >= 0.6 is 11.9 Å². The molecule has 5 nitrogen and oxygen atoms in total. The SMILES string of the molecule is COc1cc(N2CCNCC2)c2c(c1)N(Sc1cccc3ccccc13)CCO2. The summed E-state index contributed by atoms with van der Waals surface area (Å²) in [4.78, 5) is 3.65. The Kier molecular flexibility index (Phi) is 5.12. The van der Waals surface area contributed by atoms with E-state index in [2.05, 4.69) is 69.1 Å². The van der Waals surface area contributed by atoms with Gasteiger partial charge in [-0.05, 0) is 28.8 Å². The van der Waals surface area contributed by atoms with Crippen LogP contribution in [0, 0.1) is 0 Å². The Morgan fingerprint density at radius 3 is 2.62 bits per heavy atom. The zero-order valence-electron chi connectivity index (χ0n) is 16.6. The van der Waals surface area contributed by atoms with Gasteiger partial charge in [-0.2, -0.15) is 0 Å². The number of rotatable bonds is 4. The Morgan fingerprint density at radius 2 is 1.76 bits per heavy atom. The average molecular weight is 408 g/mol. The Labute approximate surface area is 175 Å². The number of piperazine rings is 1. The van der Waals surface area contributed by atoms with Crippen LogP contribution in [0.4, 0.5) is 11.4 Å². The van der Waals surface area contributed by atoms with Crippen molar-refractivity contribution in [1.29, 1.82) is 0 Å². The van der Waals surface area contributed by atoms with Gasteiger partial charge in [0, 0.05) is 43.2 Å². The molecule has 0 bridgehead atoms. The molecule has 1 saturated heterocycles. The monoisotopic (exact) mass is 407 g/mol. The highest BCUT2D eigenvalue weighted by molar-refractivity contribution is 8.00. The summed E-state index contributed by atoms with van der Waals surface area (Å²) in [6, 6.07) is 19.2. The molecular weight excluding hydrogens is 382 g/mol. The van der Waals surface area contributed by atoms with Crippen molar-refractivity contribution in [2.24, 2.45) is 0 Å². The largest absolute Gasteiger partial charge is 0.497 e. The second-order valence-electron chi connectivity index (χ2n) is 7.25. The Balaban J connectivity index is 1.54. The fourth-order valence-corrected chi connectivity index (χ4v) is 5.07. The second-order valence-corrected chi connectivity index (χ2v) is 8.31. The second kappa shape index (κ2) is 8.05. The van der Waals surface area contributed by atoms with Gasteiger partial charge >= 0.3 is 0 Å². The van der Waals surface area contributed by atoms with Crippen molar-refractivity contribution in [2.45, 2.75) is 4.90 Å². The van der Waals surface area contributed by atoms with Crippen molar-refractivity contribution >= 4 is 34.1 Å². The van der Waals surface area contributed by atoms with Gasteiger partial charge in [0.1, 0.15) is 12.4 Å². The summed E-state index contributed by atoms with van der Waals surface area (Å²) in [6.07, 6.45) is 0. The summed E-state index contributed by atoms with van der Waals surface area (Å²) >= 11 is 1.78. The lowest BCUT2D eigenvalue weighted by Gasteiger charge is -2.36. The number of ether oxygens (including phenoxy) is 2. The highest BCUT2D eigenvalue weighted by Gasteiger charge is 2.27. The van der Waals surface area contributed by atoms with E-state index in [0.29, 0.717) is 6.61 Å². The molecule has 3 aromatic carbocycles. The molecule has 150 valence electrons. The molecule has 5 rings (SSSR count). The number of hydrogen-bond acceptors (Lipinski definition) is 6. The molecule has 0 aliphatic carbocycles. The Morgan fingerprint density at radius 1 is 0.966 bits per heavy atom. The van der Waals surface area contributed by atoms with Crippen LogP contribution in [0.1, 0.15) is 0 Å². The van der Waals surface area contributed by atoms with Gasteiger partial charge in [-0.15, -0.1) is 0 Å². The van der Waals surface area contributed by atoms with Crippen LogP contribution in [-0.4, -0.2) is 46.4 Å². The highest BCUT2D eigenvalue weighted by atomic mass is 32.2. The molecule has 1 N–H and O–H groups in total. The van der Waals surface area contributed by atoms with Gasteiger partial charge in [0.15, 0.2) is 5.75 Å². The van der Waals surface area contributed by atoms with Gasteiger partial charge in [-0.3, -0.25) is 0 Å². The van der Waals surface area contributed by atoms with E-state index in [4.69, 9.17) is 9.47 Å². The van der Waals surface area contributed by atoms with Crippen LogP contribution in [0.5, 0.6) is 11.5 Å². The zero-order valence-corrected chi connectivity index (χ0v) is 17.4. The van der Waals surface area contributed by atoms with Gasteiger partial charge in [-0.1, -0.05) is 36.4 Å². The maximum atomic E-state index is 6.19. The first-order valence-electron chi connectivity index (χ1n) is 10.1. The molecule has 0 amide bonds. The third kappa shape index (κ3) is 3.58. The van der Waals surface area contributed by atoms with Crippen LogP contribution in [0.25, 0.3) is 10.8 Å². The molecule has 0 unspecified atom stereocenters. The molecule has 0 radical (unpaired) electrons. The lowest BCUT2D eigenvalue weighted by Crippen LogP contribution is -2.44. The molecule has 29 heavy (non-hydrogen) atoms. The van der Waals surface area contributed by atoms with Crippen LogP contribution in [0.15, 0.2) is 59.5 Å². The summed E-state index contributed by atoms with van der Waals surface area (Å²) < 4.78 is 14.2. The van der Waals surface area contributed by atoms with Crippen LogP contribution in [-0.2, 0) is 0 Å². The molecule has 2 heterocycles. The van der Waals surface area contributed by atoms with E-state index in [0.717, 1.165) is 55.6 Å². The predicted molar refractivity (Wildman–Crippen MR) is 121 cm³/mol. The molecular formula is C23H25N3O2S. The van der Waals surface area contributed by atoms with E-state index in [1.54, 1.807) is 19.1 Å². The van der Waals surface area contributed by atoms with Crippen molar-refractivity contribution in [1.82, 2.24) is 5.32 Å². The summed E-state index contributed by atoms with van der Waals surface area (Å²) in [5.74, 6) is 1.83. The van der Waals surface area contributed by atoms with E-state index in [1.807, 2.05) is 0 Å². The van der Waals surface area contributed by atoms with Crippen LogP contribution in [0.2, 0.25) is 0 Å². The topological polar surface area (TPSA) is 37.0 Å². The zero-order chi connectivity index (χ0) is 19.6. The van der Waals surface area contributed by atoms with Crippen LogP contribution in [0.3, 0.4) is 0 Å². The predicted octanol–water partition coefficient (Wildman–Crippen LogP) is 4.16. The van der Waals surface area contributed by atoms with Crippen molar-refractivity contribution < 1.29 is 9.47 Å². The molecule has 2 aliphatic heterocycles. The first-order valence-corrected chi connectivity index (χ1v) is 10.8. The smallest absolute Gasteiger partial charge is 0.167 e. The van der Waals surface area contributed by atoms with Gasteiger partial charge in [0.2, 0.25) is 0 Å². The minimum absolute atomic E-state index is 0.677. The fourth-order valence-electron chi connectivity index (χ4n) is 4.00. The summed E-state index contributed by atoms with van der Waals surface area (Å²) in [5, 5.41) is 5.96.